The average Bonchev–Trinajstić information content (AvgIpc) is 2.70. The van der Waals surface area contributed by atoms with Crippen molar-refractivity contribution in [1.82, 2.24) is 5.16 Å². The van der Waals surface area contributed by atoms with Gasteiger partial charge in [0.2, 0.25) is 0 Å². The van der Waals surface area contributed by atoms with Gasteiger partial charge in [-0.2, -0.15) is 0 Å². The SMILES string of the molecule is COC(=O)C(Cl)c1noc2ccccc12. The maximum atomic E-state index is 11.2. The van der Waals surface area contributed by atoms with E-state index in [1.54, 1.807) is 12.1 Å². The number of halogens is 1. The first-order chi connectivity index (χ1) is 7.24. The van der Waals surface area contributed by atoms with E-state index in [1.807, 2.05) is 12.1 Å². The fourth-order valence-electron chi connectivity index (χ4n) is 1.30. The molecular formula is C10H8ClNO3. The number of methoxy groups -OCH3 is 1. The number of carbonyl (C=O) groups is 1. The molecule has 0 aliphatic heterocycles. The summed E-state index contributed by atoms with van der Waals surface area (Å²) in [6, 6.07) is 7.19. The molecule has 0 saturated carbocycles. The number of hydrogen-bond acceptors (Lipinski definition) is 4. The maximum absolute atomic E-state index is 11.2. The van der Waals surface area contributed by atoms with E-state index in [4.69, 9.17) is 16.1 Å². The van der Waals surface area contributed by atoms with E-state index in [2.05, 4.69) is 9.89 Å². The summed E-state index contributed by atoms with van der Waals surface area (Å²) in [6.45, 7) is 0. The van der Waals surface area contributed by atoms with Crippen molar-refractivity contribution in [1.29, 1.82) is 0 Å². The van der Waals surface area contributed by atoms with Gasteiger partial charge in [0.15, 0.2) is 11.0 Å². The summed E-state index contributed by atoms with van der Waals surface area (Å²) in [6.07, 6.45) is 0. The summed E-state index contributed by atoms with van der Waals surface area (Å²) < 4.78 is 9.55. The number of hydrogen-bond donors (Lipinski definition) is 0. The minimum atomic E-state index is -0.932. The van der Waals surface area contributed by atoms with Gasteiger partial charge in [0, 0.05) is 5.39 Å². The highest BCUT2D eigenvalue weighted by atomic mass is 35.5. The molecule has 15 heavy (non-hydrogen) atoms. The van der Waals surface area contributed by atoms with E-state index in [0.29, 0.717) is 11.3 Å². The fraction of sp³-hybridized carbons (Fsp3) is 0.200. The molecule has 0 radical (unpaired) electrons. The smallest absolute Gasteiger partial charge is 0.330 e. The van der Waals surface area contributed by atoms with Crippen LogP contribution in [-0.2, 0) is 9.53 Å². The standard InChI is InChI=1S/C10H8ClNO3/c1-14-10(13)8(11)9-6-4-2-3-5-7(6)15-12-9/h2-5,8H,1H3. The summed E-state index contributed by atoms with van der Waals surface area (Å²) in [4.78, 5) is 11.2. The van der Waals surface area contributed by atoms with Crippen LogP contribution in [0.1, 0.15) is 11.1 Å². The highest BCUT2D eigenvalue weighted by Crippen LogP contribution is 2.28. The molecule has 2 aromatic rings. The Bertz CT molecular complexity index is 494. The molecule has 0 spiro atoms. The zero-order valence-electron chi connectivity index (χ0n) is 7.94. The van der Waals surface area contributed by atoms with Crippen molar-refractivity contribution < 1.29 is 14.1 Å². The number of benzene rings is 1. The van der Waals surface area contributed by atoms with Crippen molar-refractivity contribution in [3.8, 4) is 0 Å². The van der Waals surface area contributed by atoms with E-state index < -0.39 is 11.3 Å². The van der Waals surface area contributed by atoms with Crippen molar-refractivity contribution in [3.05, 3.63) is 30.0 Å². The first-order valence-corrected chi connectivity index (χ1v) is 4.74. The molecule has 5 heteroatoms. The Kier molecular flexibility index (Phi) is 2.60. The third-order valence-electron chi connectivity index (χ3n) is 2.05. The van der Waals surface area contributed by atoms with Crippen LogP contribution >= 0.6 is 11.6 Å². The highest BCUT2D eigenvalue weighted by molar-refractivity contribution is 6.30. The van der Waals surface area contributed by atoms with E-state index >= 15 is 0 Å². The molecule has 0 N–H and O–H groups in total. The van der Waals surface area contributed by atoms with Crippen LogP contribution in [0.2, 0.25) is 0 Å². The van der Waals surface area contributed by atoms with Crippen LogP contribution in [0.3, 0.4) is 0 Å². The normalized spacial score (nSPS) is 12.7. The second-order valence-electron chi connectivity index (χ2n) is 2.95. The predicted molar refractivity (Wildman–Crippen MR) is 54.6 cm³/mol. The summed E-state index contributed by atoms with van der Waals surface area (Å²) >= 11 is 5.88. The number of esters is 1. The van der Waals surface area contributed by atoms with Crippen LogP contribution < -0.4 is 0 Å². The van der Waals surface area contributed by atoms with Crippen LogP contribution in [0.4, 0.5) is 0 Å². The van der Waals surface area contributed by atoms with Crippen molar-refractivity contribution in [2.45, 2.75) is 5.38 Å². The Morgan fingerprint density at radius 3 is 3.00 bits per heavy atom. The monoisotopic (exact) mass is 225 g/mol. The second-order valence-corrected chi connectivity index (χ2v) is 3.39. The Morgan fingerprint density at radius 1 is 1.53 bits per heavy atom. The molecule has 1 aromatic heterocycles. The number of ether oxygens (including phenoxy) is 1. The van der Waals surface area contributed by atoms with E-state index in [9.17, 15) is 4.79 Å². The van der Waals surface area contributed by atoms with Gasteiger partial charge in [0.25, 0.3) is 0 Å². The summed E-state index contributed by atoms with van der Waals surface area (Å²) in [7, 11) is 1.28. The van der Waals surface area contributed by atoms with Gasteiger partial charge in [-0.1, -0.05) is 17.3 Å². The van der Waals surface area contributed by atoms with Gasteiger partial charge >= 0.3 is 5.97 Å². The molecule has 1 atom stereocenters. The quantitative estimate of drug-likeness (QED) is 0.581. The average molecular weight is 226 g/mol. The third-order valence-corrected chi connectivity index (χ3v) is 2.44. The lowest BCUT2D eigenvalue weighted by atomic mass is 10.2. The number of rotatable bonds is 2. The molecular weight excluding hydrogens is 218 g/mol. The van der Waals surface area contributed by atoms with Crippen LogP contribution in [0.15, 0.2) is 28.8 Å². The molecule has 1 aromatic carbocycles. The van der Waals surface area contributed by atoms with Crippen LogP contribution in [0, 0.1) is 0 Å². The first-order valence-electron chi connectivity index (χ1n) is 4.30. The number of fused-ring (bicyclic) bond motifs is 1. The van der Waals surface area contributed by atoms with Crippen molar-refractivity contribution in [3.63, 3.8) is 0 Å². The second kappa shape index (κ2) is 3.90. The molecule has 0 fully saturated rings. The molecule has 1 unspecified atom stereocenters. The lowest BCUT2D eigenvalue weighted by Gasteiger charge is -2.02. The summed E-state index contributed by atoms with van der Waals surface area (Å²) in [5.74, 6) is -0.546. The highest BCUT2D eigenvalue weighted by Gasteiger charge is 2.24. The molecule has 2 rings (SSSR count). The minimum Gasteiger partial charge on any atom is -0.468 e. The third kappa shape index (κ3) is 1.68. The summed E-state index contributed by atoms with van der Waals surface area (Å²) in [5.41, 5.74) is 0.987. The predicted octanol–water partition coefficient (Wildman–Crippen LogP) is 2.28. The maximum Gasteiger partial charge on any atom is 0.330 e. The number of alkyl halides is 1. The van der Waals surface area contributed by atoms with Crippen molar-refractivity contribution in [2.75, 3.05) is 7.11 Å². The molecule has 0 aliphatic rings. The Morgan fingerprint density at radius 2 is 2.27 bits per heavy atom. The van der Waals surface area contributed by atoms with Crippen LogP contribution in [0.5, 0.6) is 0 Å². The van der Waals surface area contributed by atoms with Gasteiger partial charge in [-0.3, -0.25) is 4.79 Å². The van der Waals surface area contributed by atoms with Crippen LogP contribution in [-0.4, -0.2) is 18.2 Å². The Hall–Kier alpha value is -1.55. The molecule has 78 valence electrons. The Balaban J connectivity index is 2.48. The van der Waals surface area contributed by atoms with Gasteiger partial charge < -0.3 is 9.26 Å². The van der Waals surface area contributed by atoms with E-state index in [1.165, 1.54) is 7.11 Å². The summed E-state index contributed by atoms with van der Waals surface area (Å²) in [5, 5.41) is 3.55. The lowest BCUT2D eigenvalue weighted by molar-refractivity contribution is -0.140. The lowest BCUT2D eigenvalue weighted by Crippen LogP contribution is -2.09. The van der Waals surface area contributed by atoms with Gasteiger partial charge in [0.1, 0.15) is 5.69 Å². The van der Waals surface area contributed by atoms with Crippen molar-refractivity contribution >= 4 is 28.5 Å². The van der Waals surface area contributed by atoms with Crippen molar-refractivity contribution in [2.24, 2.45) is 0 Å². The van der Waals surface area contributed by atoms with E-state index in [-0.39, 0.29) is 0 Å². The molecule has 0 aliphatic carbocycles. The molecule has 0 bridgehead atoms. The number of para-hydroxylation sites is 1. The topological polar surface area (TPSA) is 52.3 Å². The van der Waals surface area contributed by atoms with Gasteiger partial charge in [-0.25, -0.2) is 0 Å². The number of nitrogens with zero attached hydrogens (tertiary/aromatic N) is 1. The van der Waals surface area contributed by atoms with Crippen LogP contribution in [0.25, 0.3) is 11.0 Å². The zero-order valence-corrected chi connectivity index (χ0v) is 8.69. The molecule has 0 amide bonds. The largest absolute Gasteiger partial charge is 0.468 e. The minimum absolute atomic E-state index is 0.388. The van der Waals surface area contributed by atoms with Gasteiger partial charge in [-0.05, 0) is 12.1 Å². The zero-order chi connectivity index (χ0) is 10.8. The molecule has 4 nitrogen and oxygen atoms in total. The fourth-order valence-corrected chi connectivity index (χ4v) is 1.55. The Labute approximate surface area is 90.8 Å². The molecule has 1 heterocycles. The number of aromatic nitrogens is 1. The molecule has 0 saturated heterocycles. The van der Waals surface area contributed by atoms with Gasteiger partial charge in [-0.15, -0.1) is 11.6 Å². The first kappa shape index (κ1) is 9.98. The van der Waals surface area contributed by atoms with Gasteiger partial charge in [0.05, 0.1) is 7.11 Å². The van der Waals surface area contributed by atoms with E-state index in [0.717, 1.165) is 5.39 Å². The number of carbonyl (C=O) groups excluding carboxylic acids is 1.